The SMILES string of the molecule is CC/C=C\C/C=C\C/C=C\C/C=C\C/C=C\CCCCCC(=O)O[C@H](COC(=O)CCCCCCCCCCC/C=C\C/C=C\CCCCC)COC(=O)CCCCCCCCCCCCCCCCCCCCCCC. The van der Waals surface area contributed by atoms with Gasteiger partial charge in [-0.25, -0.2) is 0 Å². The molecule has 77 heavy (non-hydrogen) atoms. The van der Waals surface area contributed by atoms with Crippen LogP contribution in [-0.4, -0.2) is 37.2 Å². The predicted octanol–water partition coefficient (Wildman–Crippen LogP) is 22.7. The molecule has 0 aromatic heterocycles. The number of ether oxygens (including phenoxy) is 3. The van der Waals surface area contributed by atoms with E-state index in [9.17, 15) is 14.4 Å². The third kappa shape index (κ3) is 63.3. The van der Waals surface area contributed by atoms with E-state index in [0.29, 0.717) is 12.8 Å². The highest BCUT2D eigenvalue weighted by Crippen LogP contribution is 2.17. The highest BCUT2D eigenvalue weighted by molar-refractivity contribution is 5.71. The summed E-state index contributed by atoms with van der Waals surface area (Å²) in [5, 5.41) is 0. The fourth-order valence-electron chi connectivity index (χ4n) is 9.44. The highest BCUT2D eigenvalue weighted by atomic mass is 16.6. The molecule has 6 nitrogen and oxygen atoms in total. The monoisotopic (exact) mass is 1070 g/mol. The van der Waals surface area contributed by atoms with Crippen LogP contribution in [0.2, 0.25) is 0 Å². The van der Waals surface area contributed by atoms with Crippen LogP contribution in [0.25, 0.3) is 0 Å². The van der Waals surface area contributed by atoms with Crippen LogP contribution in [0.4, 0.5) is 0 Å². The molecule has 0 radical (unpaired) electrons. The number of carbonyl (C=O) groups excluding carboxylic acids is 3. The highest BCUT2D eigenvalue weighted by Gasteiger charge is 2.19. The molecule has 0 aromatic carbocycles. The second-order valence-corrected chi connectivity index (χ2v) is 22.0. The van der Waals surface area contributed by atoms with Crippen molar-refractivity contribution in [2.75, 3.05) is 13.2 Å². The summed E-state index contributed by atoms with van der Waals surface area (Å²) in [6, 6.07) is 0. The molecule has 0 bridgehead atoms. The number of hydrogen-bond donors (Lipinski definition) is 0. The maximum absolute atomic E-state index is 12.9. The van der Waals surface area contributed by atoms with E-state index in [-0.39, 0.29) is 37.5 Å². The van der Waals surface area contributed by atoms with Crippen molar-refractivity contribution in [1.82, 2.24) is 0 Å². The molecule has 444 valence electrons. The molecule has 0 spiro atoms. The van der Waals surface area contributed by atoms with Crippen LogP contribution in [0.1, 0.15) is 329 Å². The average Bonchev–Trinajstić information content (AvgIpc) is 3.43. The Balaban J connectivity index is 4.41. The van der Waals surface area contributed by atoms with Crippen molar-refractivity contribution in [3.8, 4) is 0 Å². The van der Waals surface area contributed by atoms with Gasteiger partial charge in [0, 0.05) is 19.3 Å². The normalized spacial score (nSPS) is 12.6. The van der Waals surface area contributed by atoms with E-state index >= 15 is 0 Å². The first-order valence-corrected chi connectivity index (χ1v) is 33.1. The summed E-state index contributed by atoms with van der Waals surface area (Å²) >= 11 is 0. The smallest absolute Gasteiger partial charge is 0.306 e. The summed E-state index contributed by atoms with van der Waals surface area (Å²) in [7, 11) is 0. The molecule has 0 unspecified atom stereocenters. The van der Waals surface area contributed by atoms with Gasteiger partial charge in [0.15, 0.2) is 6.10 Å². The van der Waals surface area contributed by atoms with Gasteiger partial charge < -0.3 is 14.2 Å². The fraction of sp³-hybridized carbons (Fsp3) is 0.761. The molecule has 0 amide bonds. The minimum atomic E-state index is -0.797. The van der Waals surface area contributed by atoms with E-state index in [1.54, 1.807) is 0 Å². The van der Waals surface area contributed by atoms with Crippen molar-refractivity contribution in [3.05, 3.63) is 85.1 Å². The lowest BCUT2D eigenvalue weighted by Crippen LogP contribution is -2.30. The molecule has 0 aliphatic heterocycles. The van der Waals surface area contributed by atoms with Crippen LogP contribution in [0.15, 0.2) is 85.1 Å². The van der Waals surface area contributed by atoms with Crippen LogP contribution in [-0.2, 0) is 28.6 Å². The third-order valence-corrected chi connectivity index (χ3v) is 14.4. The van der Waals surface area contributed by atoms with Gasteiger partial charge in [0.1, 0.15) is 13.2 Å². The predicted molar refractivity (Wildman–Crippen MR) is 334 cm³/mol. The van der Waals surface area contributed by atoms with E-state index < -0.39 is 6.10 Å². The van der Waals surface area contributed by atoms with Gasteiger partial charge in [-0.05, 0) is 96.3 Å². The number of hydrogen-bond acceptors (Lipinski definition) is 6. The summed E-state index contributed by atoms with van der Waals surface area (Å²) < 4.78 is 16.9. The van der Waals surface area contributed by atoms with E-state index in [1.165, 1.54) is 186 Å². The minimum absolute atomic E-state index is 0.0886. The van der Waals surface area contributed by atoms with Gasteiger partial charge in [-0.1, -0.05) is 298 Å². The Labute approximate surface area is 477 Å². The molecule has 0 rings (SSSR count). The zero-order valence-electron chi connectivity index (χ0n) is 51.0. The van der Waals surface area contributed by atoms with Crippen LogP contribution in [0, 0.1) is 0 Å². The largest absolute Gasteiger partial charge is 0.462 e. The minimum Gasteiger partial charge on any atom is -0.462 e. The van der Waals surface area contributed by atoms with E-state index in [4.69, 9.17) is 14.2 Å². The maximum Gasteiger partial charge on any atom is 0.306 e. The van der Waals surface area contributed by atoms with Crippen molar-refractivity contribution < 1.29 is 28.6 Å². The number of allylic oxidation sites excluding steroid dienone is 14. The van der Waals surface area contributed by atoms with Crippen LogP contribution in [0.5, 0.6) is 0 Å². The number of carbonyl (C=O) groups is 3. The van der Waals surface area contributed by atoms with Gasteiger partial charge in [0.25, 0.3) is 0 Å². The van der Waals surface area contributed by atoms with Gasteiger partial charge in [-0.3, -0.25) is 14.4 Å². The Morgan fingerprint density at radius 2 is 0.506 bits per heavy atom. The van der Waals surface area contributed by atoms with Crippen molar-refractivity contribution >= 4 is 17.9 Å². The molecule has 0 aliphatic carbocycles. The average molecular weight is 1070 g/mol. The van der Waals surface area contributed by atoms with E-state index in [1.807, 2.05) is 0 Å². The maximum atomic E-state index is 12.9. The molecular weight excluding hydrogens is 949 g/mol. The van der Waals surface area contributed by atoms with Gasteiger partial charge in [0.05, 0.1) is 0 Å². The number of esters is 3. The second kappa shape index (κ2) is 65.1. The molecule has 0 heterocycles. The van der Waals surface area contributed by atoms with Crippen LogP contribution < -0.4 is 0 Å². The lowest BCUT2D eigenvalue weighted by molar-refractivity contribution is -0.167. The van der Waals surface area contributed by atoms with Crippen LogP contribution in [0.3, 0.4) is 0 Å². The molecular formula is C71H124O6. The first-order valence-electron chi connectivity index (χ1n) is 33.1. The van der Waals surface area contributed by atoms with Crippen molar-refractivity contribution in [2.45, 2.75) is 335 Å². The first kappa shape index (κ1) is 73.6. The van der Waals surface area contributed by atoms with Gasteiger partial charge in [-0.2, -0.15) is 0 Å². The van der Waals surface area contributed by atoms with Crippen LogP contribution >= 0.6 is 0 Å². The van der Waals surface area contributed by atoms with Gasteiger partial charge in [0.2, 0.25) is 0 Å². The Hall–Kier alpha value is -3.41. The standard InChI is InChI=1S/C71H124O6/c1-4-7-10-13-16-19-22-25-28-31-34-35-38-40-43-46-49-52-55-58-61-64-70(73)76-67-68(77-71(74)65-62-59-56-53-50-47-44-41-37-33-30-27-24-21-18-15-12-9-6-3)66-75-69(72)63-60-57-54-51-48-45-42-39-36-32-29-26-23-20-17-14-11-8-5-2/h9,12,17-18,20-21,26-27,29-30,37,41,47,50,68H,4-8,10-11,13-16,19,22-25,28,31-36,38-40,42-46,48-49,51-67H2,1-3H3/b12-9-,20-17-,21-18-,29-26-,30-27-,41-37-,50-47-/t68-/m1/s1. The Kier molecular flexibility index (Phi) is 62.2. The molecule has 1 atom stereocenters. The Bertz CT molecular complexity index is 1470. The molecule has 0 saturated carbocycles. The summed E-state index contributed by atoms with van der Waals surface area (Å²) in [6.45, 7) is 6.52. The topological polar surface area (TPSA) is 78.9 Å². The summed E-state index contributed by atoms with van der Waals surface area (Å²) in [6.07, 6.45) is 85.9. The second-order valence-electron chi connectivity index (χ2n) is 22.0. The van der Waals surface area contributed by atoms with Gasteiger partial charge in [-0.15, -0.1) is 0 Å². The zero-order chi connectivity index (χ0) is 55.7. The molecule has 0 saturated heterocycles. The van der Waals surface area contributed by atoms with Gasteiger partial charge >= 0.3 is 17.9 Å². The molecule has 0 N–H and O–H groups in total. The van der Waals surface area contributed by atoms with E-state index in [0.717, 1.165) is 103 Å². The Morgan fingerprint density at radius 1 is 0.273 bits per heavy atom. The fourth-order valence-corrected chi connectivity index (χ4v) is 9.44. The molecule has 0 fully saturated rings. The summed E-state index contributed by atoms with van der Waals surface area (Å²) in [5.41, 5.74) is 0. The number of unbranched alkanes of at least 4 members (excludes halogenated alkanes) is 35. The first-order chi connectivity index (χ1) is 38.0. The third-order valence-electron chi connectivity index (χ3n) is 14.4. The summed E-state index contributed by atoms with van der Waals surface area (Å²) in [4.78, 5) is 38.4. The zero-order valence-corrected chi connectivity index (χ0v) is 51.0. The molecule has 6 heteroatoms. The lowest BCUT2D eigenvalue weighted by atomic mass is 10.0. The van der Waals surface area contributed by atoms with Crippen molar-refractivity contribution in [3.63, 3.8) is 0 Å². The van der Waals surface area contributed by atoms with Crippen molar-refractivity contribution in [1.29, 1.82) is 0 Å². The molecule has 0 aliphatic rings. The number of rotatable bonds is 60. The van der Waals surface area contributed by atoms with Crippen molar-refractivity contribution in [2.24, 2.45) is 0 Å². The quantitative estimate of drug-likeness (QED) is 0.0261. The van der Waals surface area contributed by atoms with E-state index in [2.05, 4.69) is 106 Å². The lowest BCUT2D eigenvalue weighted by Gasteiger charge is -2.18. The Morgan fingerprint density at radius 3 is 0.831 bits per heavy atom. The summed E-state index contributed by atoms with van der Waals surface area (Å²) in [5.74, 6) is -0.909. The molecule has 0 aromatic rings.